The highest BCUT2D eigenvalue weighted by atomic mass is 16.5. The minimum Gasteiger partial charge on any atom is -0.506 e. The number of rotatable bonds is 9. The van der Waals surface area contributed by atoms with Crippen LogP contribution in [0.25, 0.3) is 21.9 Å². The lowest BCUT2D eigenvalue weighted by Gasteiger charge is -2.24. The van der Waals surface area contributed by atoms with Gasteiger partial charge in [-0.1, -0.05) is 6.07 Å². The summed E-state index contributed by atoms with van der Waals surface area (Å²) in [5, 5.41) is 21.4. The van der Waals surface area contributed by atoms with E-state index in [1.807, 2.05) is 0 Å². The average Bonchev–Trinajstić information content (AvgIpc) is 2.89. The summed E-state index contributed by atoms with van der Waals surface area (Å²) in [7, 11) is 9.36. The summed E-state index contributed by atoms with van der Waals surface area (Å²) in [5.74, 6) is -2.50. The van der Waals surface area contributed by atoms with Crippen molar-refractivity contribution in [3.63, 3.8) is 0 Å². The lowest BCUT2D eigenvalue weighted by atomic mass is 9.87. The first-order valence-corrected chi connectivity index (χ1v) is 10.4. The number of benzene rings is 3. The molecule has 0 aliphatic heterocycles. The Balaban J connectivity index is 2.81. The number of aromatic carboxylic acids is 1. The van der Waals surface area contributed by atoms with Gasteiger partial charge in [-0.2, -0.15) is 0 Å². The minimum absolute atomic E-state index is 0.0386. The molecular weight excluding hydrogens is 476 g/mol. The lowest BCUT2D eigenvalue weighted by Crippen LogP contribution is -2.14. The molecule has 192 valence electrons. The molecular formula is C25H26O11. The van der Waals surface area contributed by atoms with Gasteiger partial charge in [-0.3, -0.25) is 0 Å². The van der Waals surface area contributed by atoms with Crippen LogP contribution in [0.15, 0.2) is 18.2 Å². The van der Waals surface area contributed by atoms with Gasteiger partial charge in [0, 0.05) is 10.9 Å². The second kappa shape index (κ2) is 10.4. The van der Waals surface area contributed by atoms with E-state index >= 15 is 0 Å². The van der Waals surface area contributed by atoms with Gasteiger partial charge in [-0.05, 0) is 17.7 Å². The summed E-state index contributed by atoms with van der Waals surface area (Å²) in [4.78, 5) is 25.5. The first-order chi connectivity index (χ1) is 17.2. The van der Waals surface area contributed by atoms with Gasteiger partial charge in [-0.25, -0.2) is 9.59 Å². The molecule has 3 aromatic carbocycles. The largest absolute Gasteiger partial charge is 0.506 e. The van der Waals surface area contributed by atoms with E-state index < -0.39 is 28.8 Å². The van der Waals surface area contributed by atoms with E-state index in [0.717, 1.165) is 7.11 Å². The third-order valence-electron chi connectivity index (χ3n) is 5.64. The van der Waals surface area contributed by atoms with Crippen molar-refractivity contribution in [2.24, 2.45) is 0 Å². The van der Waals surface area contributed by atoms with Crippen molar-refractivity contribution >= 4 is 22.7 Å². The number of ether oxygens (including phenoxy) is 7. The van der Waals surface area contributed by atoms with Crippen LogP contribution in [0.2, 0.25) is 0 Å². The van der Waals surface area contributed by atoms with Crippen molar-refractivity contribution in [3.05, 3.63) is 29.3 Å². The number of hydrogen-bond donors (Lipinski definition) is 2. The van der Waals surface area contributed by atoms with Crippen LogP contribution in [0, 0.1) is 0 Å². The van der Waals surface area contributed by atoms with Crippen LogP contribution in [0.5, 0.6) is 40.2 Å². The zero-order valence-electron chi connectivity index (χ0n) is 20.8. The van der Waals surface area contributed by atoms with Crippen molar-refractivity contribution in [2.75, 3.05) is 49.8 Å². The van der Waals surface area contributed by atoms with Crippen LogP contribution in [0.4, 0.5) is 0 Å². The van der Waals surface area contributed by atoms with E-state index in [-0.39, 0.29) is 39.3 Å². The first kappa shape index (κ1) is 26.1. The van der Waals surface area contributed by atoms with E-state index in [2.05, 4.69) is 0 Å². The van der Waals surface area contributed by atoms with Crippen molar-refractivity contribution in [3.8, 4) is 51.4 Å². The minimum atomic E-state index is -1.58. The third kappa shape index (κ3) is 3.88. The summed E-state index contributed by atoms with van der Waals surface area (Å²) < 4.78 is 37.8. The Morgan fingerprint density at radius 2 is 1.19 bits per heavy atom. The van der Waals surface area contributed by atoms with Gasteiger partial charge in [0.25, 0.3) is 0 Å². The van der Waals surface area contributed by atoms with Crippen LogP contribution >= 0.6 is 0 Å². The number of carbonyl (C=O) groups is 2. The van der Waals surface area contributed by atoms with Gasteiger partial charge < -0.3 is 43.4 Å². The molecule has 2 N–H and O–H groups in total. The molecule has 0 heterocycles. The van der Waals surface area contributed by atoms with Crippen molar-refractivity contribution in [2.45, 2.75) is 0 Å². The smallest absolute Gasteiger partial charge is 0.340 e. The standard InChI is InChI=1S/C25H26O11/c1-30-12-9-8-11(10-13(12)31-2)14-15-17(19(26)18(24(27)28)16(14)25(29)36-7)21(33-4)23(35-6)22(34-5)20(15)32-3/h8-10,26H,1-7H3,(H,27,28). The highest BCUT2D eigenvalue weighted by Gasteiger charge is 2.36. The maximum atomic E-state index is 13.1. The summed E-state index contributed by atoms with van der Waals surface area (Å²) in [6.07, 6.45) is 0. The molecule has 0 atom stereocenters. The topological polar surface area (TPSA) is 139 Å². The molecule has 0 fully saturated rings. The maximum Gasteiger partial charge on any atom is 0.340 e. The maximum absolute atomic E-state index is 13.1. The third-order valence-corrected chi connectivity index (χ3v) is 5.64. The molecule has 0 saturated heterocycles. The Morgan fingerprint density at radius 3 is 1.64 bits per heavy atom. The molecule has 11 nitrogen and oxygen atoms in total. The number of hydrogen-bond acceptors (Lipinski definition) is 10. The quantitative estimate of drug-likeness (QED) is 0.414. The predicted octanol–water partition coefficient (Wildman–Crippen LogP) is 3.75. The van der Waals surface area contributed by atoms with E-state index in [4.69, 9.17) is 33.2 Å². The van der Waals surface area contributed by atoms with Gasteiger partial charge in [0.05, 0.1) is 60.7 Å². The molecule has 36 heavy (non-hydrogen) atoms. The monoisotopic (exact) mass is 502 g/mol. The molecule has 3 aromatic rings. The number of aromatic hydroxyl groups is 1. The number of phenols is 1. The summed E-state index contributed by atoms with van der Waals surface area (Å²) in [6, 6.07) is 4.72. The summed E-state index contributed by atoms with van der Waals surface area (Å²) >= 11 is 0. The summed E-state index contributed by atoms with van der Waals surface area (Å²) in [6.45, 7) is 0. The fourth-order valence-electron chi connectivity index (χ4n) is 4.17. The number of esters is 1. The van der Waals surface area contributed by atoms with Gasteiger partial charge in [-0.15, -0.1) is 0 Å². The summed E-state index contributed by atoms with van der Waals surface area (Å²) in [5.41, 5.74) is -0.737. The molecule has 0 aliphatic rings. The Labute approximate surface area is 206 Å². The lowest BCUT2D eigenvalue weighted by molar-refractivity contribution is 0.0582. The number of methoxy groups -OCH3 is 7. The Kier molecular flexibility index (Phi) is 7.52. The van der Waals surface area contributed by atoms with Crippen LogP contribution in [-0.4, -0.2) is 71.9 Å². The van der Waals surface area contributed by atoms with Crippen LogP contribution < -0.4 is 28.4 Å². The zero-order valence-corrected chi connectivity index (χ0v) is 20.8. The first-order valence-electron chi connectivity index (χ1n) is 10.4. The average molecular weight is 502 g/mol. The molecule has 0 amide bonds. The fourth-order valence-corrected chi connectivity index (χ4v) is 4.17. The molecule has 3 rings (SSSR count). The van der Waals surface area contributed by atoms with Gasteiger partial charge in [0.1, 0.15) is 11.3 Å². The predicted molar refractivity (Wildman–Crippen MR) is 129 cm³/mol. The van der Waals surface area contributed by atoms with Crippen LogP contribution in [0.1, 0.15) is 20.7 Å². The number of carboxylic acids is 1. The van der Waals surface area contributed by atoms with Crippen molar-refractivity contribution in [1.29, 1.82) is 0 Å². The molecule has 0 aromatic heterocycles. The highest BCUT2D eigenvalue weighted by Crippen LogP contribution is 2.57. The van der Waals surface area contributed by atoms with E-state index in [9.17, 15) is 19.8 Å². The molecule has 11 heteroatoms. The zero-order chi connectivity index (χ0) is 26.7. The van der Waals surface area contributed by atoms with Crippen LogP contribution in [-0.2, 0) is 4.74 Å². The van der Waals surface area contributed by atoms with Crippen molar-refractivity contribution in [1.82, 2.24) is 0 Å². The molecule has 0 radical (unpaired) electrons. The fraction of sp³-hybridized carbons (Fsp3) is 0.280. The second-order valence-corrected chi connectivity index (χ2v) is 7.22. The highest BCUT2D eigenvalue weighted by molar-refractivity contribution is 6.21. The Morgan fingerprint density at radius 1 is 0.667 bits per heavy atom. The van der Waals surface area contributed by atoms with Gasteiger partial charge >= 0.3 is 11.9 Å². The SMILES string of the molecule is COC(=O)c1c(C(=O)O)c(O)c2c(OC)c(OC)c(OC)c(OC)c2c1-c1ccc(OC)c(OC)c1. The molecule has 0 unspecified atom stereocenters. The number of fused-ring (bicyclic) bond motifs is 1. The molecule has 0 bridgehead atoms. The van der Waals surface area contributed by atoms with Gasteiger partial charge in [0.2, 0.25) is 11.5 Å². The van der Waals surface area contributed by atoms with Gasteiger partial charge in [0.15, 0.2) is 23.0 Å². The normalized spacial score (nSPS) is 10.5. The molecule has 0 aliphatic carbocycles. The van der Waals surface area contributed by atoms with E-state index in [1.54, 1.807) is 18.2 Å². The van der Waals surface area contributed by atoms with E-state index in [1.165, 1.54) is 42.7 Å². The molecule has 0 saturated carbocycles. The van der Waals surface area contributed by atoms with E-state index in [0.29, 0.717) is 17.1 Å². The Bertz CT molecular complexity index is 1340. The number of carboxylic acid groups (broad SMARTS) is 1. The second-order valence-electron chi connectivity index (χ2n) is 7.22. The molecule has 0 spiro atoms. The van der Waals surface area contributed by atoms with Crippen LogP contribution in [0.3, 0.4) is 0 Å². The number of carbonyl (C=O) groups excluding carboxylic acids is 1. The Hall–Kier alpha value is -4.54. The van der Waals surface area contributed by atoms with Crippen molar-refractivity contribution < 1.29 is 53.0 Å².